The van der Waals surface area contributed by atoms with Crippen molar-refractivity contribution in [1.82, 2.24) is 14.7 Å². The molecule has 0 saturated carbocycles. The van der Waals surface area contributed by atoms with Crippen molar-refractivity contribution in [1.29, 1.82) is 0 Å². The molecule has 0 aliphatic carbocycles. The Bertz CT molecular complexity index is 1250. The fourth-order valence-corrected chi connectivity index (χ4v) is 4.82. The van der Waals surface area contributed by atoms with E-state index in [-0.39, 0.29) is 0 Å². The molecular weight excluding hydrogens is 474 g/mol. The second-order valence-corrected chi connectivity index (χ2v) is 10.0. The highest BCUT2D eigenvalue weighted by atomic mass is 16.5. The van der Waals surface area contributed by atoms with Crippen LogP contribution in [0.4, 0.5) is 0 Å². The normalized spacial score (nSPS) is 15.0. The largest absolute Gasteiger partial charge is 0.496 e. The van der Waals surface area contributed by atoms with Crippen molar-refractivity contribution in [3.05, 3.63) is 89.5 Å². The zero-order chi connectivity index (χ0) is 26.9. The quantitative estimate of drug-likeness (QED) is 0.274. The SMILES string of the molecule is COc1ccccc1-c1ccc(OCCN(C)C)c(C(=CC=O)c2ccccc2CN2CCN(C)CC2)c1. The molecule has 0 N–H and O–H groups in total. The number of carbonyl (C=O) groups excluding carboxylic acids is 1. The number of hydrogen-bond acceptors (Lipinski definition) is 6. The van der Waals surface area contributed by atoms with Crippen molar-refractivity contribution in [2.75, 3.05) is 67.6 Å². The lowest BCUT2D eigenvalue weighted by molar-refractivity contribution is -0.104. The molecule has 3 aromatic carbocycles. The van der Waals surface area contributed by atoms with Crippen molar-refractivity contribution in [3.63, 3.8) is 0 Å². The van der Waals surface area contributed by atoms with Crippen LogP contribution in [-0.2, 0) is 11.3 Å². The van der Waals surface area contributed by atoms with Gasteiger partial charge in [-0.05, 0) is 67.7 Å². The Balaban J connectivity index is 1.78. The summed E-state index contributed by atoms with van der Waals surface area (Å²) in [7, 11) is 7.91. The fraction of sp³-hybridized carbons (Fsp3) is 0.344. The summed E-state index contributed by atoms with van der Waals surface area (Å²) in [5.41, 5.74) is 6.00. The molecule has 4 rings (SSSR count). The van der Waals surface area contributed by atoms with Crippen molar-refractivity contribution in [2.24, 2.45) is 0 Å². The van der Waals surface area contributed by atoms with Gasteiger partial charge in [-0.1, -0.05) is 48.5 Å². The maximum Gasteiger partial charge on any atom is 0.143 e. The average Bonchev–Trinajstić information content (AvgIpc) is 2.93. The number of likely N-dealkylation sites (N-methyl/N-ethyl adjacent to an activating group) is 2. The van der Waals surface area contributed by atoms with Crippen LogP contribution in [0, 0.1) is 0 Å². The van der Waals surface area contributed by atoms with E-state index in [4.69, 9.17) is 9.47 Å². The molecule has 0 bridgehead atoms. The topological polar surface area (TPSA) is 45.3 Å². The van der Waals surface area contributed by atoms with Gasteiger partial charge in [-0.3, -0.25) is 9.69 Å². The lowest BCUT2D eigenvalue weighted by Gasteiger charge is -2.33. The van der Waals surface area contributed by atoms with E-state index in [1.807, 2.05) is 44.4 Å². The summed E-state index contributed by atoms with van der Waals surface area (Å²) in [4.78, 5) is 18.9. The lowest BCUT2D eigenvalue weighted by atomic mass is 9.90. The van der Waals surface area contributed by atoms with Crippen LogP contribution in [0.1, 0.15) is 16.7 Å². The third-order valence-electron chi connectivity index (χ3n) is 7.02. The van der Waals surface area contributed by atoms with Crippen LogP contribution in [0.2, 0.25) is 0 Å². The summed E-state index contributed by atoms with van der Waals surface area (Å²) in [6.07, 6.45) is 2.55. The molecular formula is C32H39N3O3. The molecule has 200 valence electrons. The Morgan fingerprint density at radius 3 is 2.39 bits per heavy atom. The number of hydrogen-bond donors (Lipinski definition) is 0. The predicted molar refractivity (Wildman–Crippen MR) is 155 cm³/mol. The van der Waals surface area contributed by atoms with E-state index >= 15 is 0 Å². The smallest absolute Gasteiger partial charge is 0.143 e. The number of rotatable bonds is 11. The molecule has 0 spiro atoms. The lowest BCUT2D eigenvalue weighted by Crippen LogP contribution is -2.44. The molecule has 3 aromatic rings. The monoisotopic (exact) mass is 513 g/mol. The minimum absolute atomic E-state index is 0.547. The van der Waals surface area contributed by atoms with Crippen LogP contribution in [-0.4, -0.2) is 88.6 Å². The van der Waals surface area contributed by atoms with Crippen LogP contribution < -0.4 is 9.47 Å². The van der Waals surface area contributed by atoms with Gasteiger partial charge in [0.1, 0.15) is 24.4 Å². The minimum Gasteiger partial charge on any atom is -0.496 e. The molecule has 1 fully saturated rings. The third-order valence-corrected chi connectivity index (χ3v) is 7.02. The standard InChI is InChI=1S/C32H39N3O3/c1-33(2)20-22-38-32-14-13-25(28-11-7-8-12-31(28)37-4)23-30(32)29(15-21-36)27-10-6-5-9-26(27)24-35-18-16-34(3)17-19-35/h5-15,21,23H,16-20,22,24H2,1-4H3. The number of piperazine rings is 1. The van der Waals surface area contributed by atoms with E-state index in [2.05, 4.69) is 58.1 Å². The van der Waals surface area contributed by atoms with Gasteiger partial charge in [0.2, 0.25) is 0 Å². The maximum absolute atomic E-state index is 12.0. The Morgan fingerprint density at radius 1 is 0.921 bits per heavy atom. The summed E-state index contributed by atoms with van der Waals surface area (Å²) >= 11 is 0. The summed E-state index contributed by atoms with van der Waals surface area (Å²) in [5, 5.41) is 0. The molecule has 0 aromatic heterocycles. The molecule has 0 unspecified atom stereocenters. The highest BCUT2D eigenvalue weighted by molar-refractivity contribution is 5.93. The molecule has 1 aliphatic heterocycles. The first-order valence-corrected chi connectivity index (χ1v) is 13.2. The van der Waals surface area contributed by atoms with Gasteiger partial charge in [0, 0.05) is 50.4 Å². The number of para-hydroxylation sites is 1. The Kier molecular flexibility index (Phi) is 9.71. The number of nitrogens with zero attached hydrogens (tertiary/aromatic N) is 3. The fourth-order valence-electron chi connectivity index (χ4n) is 4.82. The molecule has 38 heavy (non-hydrogen) atoms. The number of allylic oxidation sites excluding steroid dienone is 1. The zero-order valence-electron chi connectivity index (χ0n) is 23.0. The Hall–Kier alpha value is -3.45. The first-order chi connectivity index (χ1) is 18.5. The van der Waals surface area contributed by atoms with E-state index in [0.717, 1.165) is 84.9 Å². The maximum atomic E-state index is 12.0. The molecule has 6 heteroatoms. The zero-order valence-corrected chi connectivity index (χ0v) is 23.0. The van der Waals surface area contributed by atoms with E-state index < -0.39 is 0 Å². The third kappa shape index (κ3) is 6.90. The average molecular weight is 514 g/mol. The number of benzene rings is 3. The molecule has 1 saturated heterocycles. The van der Waals surface area contributed by atoms with E-state index in [1.165, 1.54) is 5.56 Å². The van der Waals surface area contributed by atoms with Gasteiger partial charge < -0.3 is 19.3 Å². The number of aldehydes is 1. The van der Waals surface area contributed by atoms with E-state index in [9.17, 15) is 4.79 Å². The summed E-state index contributed by atoms with van der Waals surface area (Å²) < 4.78 is 11.9. The molecule has 1 heterocycles. The molecule has 0 radical (unpaired) electrons. The van der Waals surface area contributed by atoms with Crippen LogP contribution in [0.3, 0.4) is 0 Å². The van der Waals surface area contributed by atoms with E-state index in [0.29, 0.717) is 6.61 Å². The van der Waals surface area contributed by atoms with Gasteiger partial charge in [0.15, 0.2) is 0 Å². The van der Waals surface area contributed by atoms with Crippen LogP contribution in [0.15, 0.2) is 72.8 Å². The van der Waals surface area contributed by atoms with Crippen molar-refractivity contribution < 1.29 is 14.3 Å². The number of carbonyl (C=O) groups is 1. The summed E-state index contributed by atoms with van der Waals surface area (Å²) in [5.74, 6) is 1.56. The highest BCUT2D eigenvalue weighted by Crippen LogP contribution is 2.38. The number of ether oxygens (including phenoxy) is 2. The minimum atomic E-state index is 0.547. The van der Waals surface area contributed by atoms with Gasteiger partial charge in [0.05, 0.1) is 7.11 Å². The second kappa shape index (κ2) is 13.4. The molecule has 6 nitrogen and oxygen atoms in total. The van der Waals surface area contributed by atoms with Gasteiger partial charge in [-0.2, -0.15) is 0 Å². The highest BCUT2D eigenvalue weighted by Gasteiger charge is 2.20. The van der Waals surface area contributed by atoms with Crippen LogP contribution >= 0.6 is 0 Å². The van der Waals surface area contributed by atoms with Crippen molar-refractivity contribution >= 4 is 11.9 Å². The van der Waals surface area contributed by atoms with Gasteiger partial charge >= 0.3 is 0 Å². The summed E-state index contributed by atoms with van der Waals surface area (Å²) in [6.45, 7) is 6.35. The molecule has 0 atom stereocenters. The molecule has 0 amide bonds. The Morgan fingerprint density at radius 2 is 1.66 bits per heavy atom. The molecule has 1 aliphatic rings. The van der Waals surface area contributed by atoms with Gasteiger partial charge in [-0.15, -0.1) is 0 Å². The van der Waals surface area contributed by atoms with E-state index in [1.54, 1.807) is 13.2 Å². The predicted octanol–water partition coefficient (Wildman–Crippen LogP) is 4.68. The van der Waals surface area contributed by atoms with Gasteiger partial charge in [0.25, 0.3) is 0 Å². The first-order valence-electron chi connectivity index (χ1n) is 13.2. The van der Waals surface area contributed by atoms with Crippen molar-refractivity contribution in [3.8, 4) is 22.6 Å². The van der Waals surface area contributed by atoms with Crippen LogP contribution in [0.25, 0.3) is 16.7 Å². The first kappa shape index (κ1) is 27.6. The van der Waals surface area contributed by atoms with Crippen LogP contribution in [0.5, 0.6) is 11.5 Å². The number of methoxy groups -OCH3 is 1. The van der Waals surface area contributed by atoms with Gasteiger partial charge in [-0.25, -0.2) is 0 Å². The Labute approximate surface area is 227 Å². The van der Waals surface area contributed by atoms with Crippen molar-refractivity contribution in [2.45, 2.75) is 6.54 Å². The second-order valence-electron chi connectivity index (χ2n) is 10.0. The summed E-state index contributed by atoms with van der Waals surface area (Å²) in [6, 6.07) is 22.6.